The van der Waals surface area contributed by atoms with Crippen LogP contribution in [0.25, 0.3) is 0 Å². The predicted molar refractivity (Wildman–Crippen MR) is 97.5 cm³/mol. The van der Waals surface area contributed by atoms with Crippen LogP contribution in [0.5, 0.6) is 5.75 Å². The summed E-state index contributed by atoms with van der Waals surface area (Å²) in [5, 5.41) is 0. The van der Waals surface area contributed by atoms with Gasteiger partial charge in [0, 0.05) is 17.7 Å². The van der Waals surface area contributed by atoms with Crippen molar-refractivity contribution in [3.63, 3.8) is 0 Å². The highest BCUT2D eigenvalue weighted by atomic mass is 79.9. The molecule has 0 aliphatic carbocycles. The van der Waals surface area contributed by atoms with E-state index in [-0.39, 0.29) is 12.1 Å². The molecule has 0 bridgehead atoms. The van der Waals surface area contributed by atoms with Crippen LogP contribution < -0.4 is 9.30 Å². The van der Waals surface area contributed by atoms with Gasteiger partial charge in [0.25, 0.3) is 0 Å². The number of halogens is 1. The second kappa shape index (κ2) is 7.87. The molecule has 0 spiro atoms. The van der Waals surface area contributed by atoms with Crippen LogP contribution in [-0.2, 0) is 11.3 Å². The Bertz CT molecular complexity index is 749. The Hall–Kier alpha value is -2.08. The minimum absolute atomic E-state index is 0.0621. The van der Waals surface area contributed by atoms with Crippen molar-refractivity contribution in [1.29, 1.82) is 0 Å². The molecular weight excluding hydrogens is 384 g/mol. The fraction of sp³-hybridized carbons (Fsp3) is 0.368. The van der Waals surface area contributed by atoms with Crippen LogP contribution in [0.3, 0.4) is 0 Å². The molecule has 0 N–H and O–H groups in total. The molecule has 1 amide bonds. The molecule has 0 saturated carbocycles. The zero-order valence-corrected chi connectivity index (χ0v) is 16.0. The molecule has 132 valence electrons. The number of hydrogen-bond acceptors (Lipinski definition) is 3. The van der Waals surface area contributed by atoms with Gasteiger partial charge in [-0.15, -0.1) is 0 Å². The van der Waals surface area contributed by atoms with Gasteiger partial charge >= 0.3 is 6.09 Å². The van der Waals surface area contributed by atoms with Crippen molar-refractivity contribution in [2.24, 2.45) is 0 Å². The first-order valence-electron chi connectivity index (χ1n) is 8.28. The fourth-order valence-electron chi connectivity index (χ4n) is 3.29. The Balaban J connectivity index is 1.83. The number of rotatable bonds is 4. The van der Waals surface area contributed by atoms with E-state index in [0.29, 0.717) is 0 Å². The highest BCUT2D eigenvalue weighted by Crippen LogP contribution is 2.32. The number of carbonyl (C=O) groups is 1. The van der Waals surface area contributed by atoms with E-state index >= 15 is 0 Å². The number of pyridine rings is 1. The summed E-state index contributed by atoms with van der Waals surface area (Å²) in [7, 11) is 3.10. The Labute approximate surface area is 156 Å². The highest BCUT2D eigenvalue weighted by molar-refractivity contribution is 9.10. The van der Waals surface area contributed by atoms with Gasteiger partial charge in [-0.2, -0.15) is 4.57 Å². The van der Waals surface area contributed by atoms with Crippen molar-refractivity contribution < 1.29 is 18.8 Å². The van der Waals surface area contributed by atoms with E-state index in [2.05, 4.69) is 44.9 Å². The number of amides is 1. The third-order valence-corrected chi connectivity index (χ3v) is 4.91. The molecule has 5 nitrogen and oxygen atoms in total. The number of likely N-dealkylation sites (tertiary alicyclic amines) is 1. The first kappa shape index (κ1) is 17.7. The maximum atomic E-state index is 12.0. The summed E-state index contributed by atoms with van der Waals surface area (Å²) in [5.41, 5.74) is 2.30. The molecule has 2 heterocycles. The lowest BCUT2D eigenvalue weighted by atomic mass is 10.1. The first-order valence-corrected chi connectivity index (χ1v) is 9.07. The first-order chi connectivity index (χ1) is 12.1. The minimum Gasteiger partial charge on any atom is -0.497 e. The topological polar surface area (TPSA) is 42.7 Å². The van der Waals surface area contributed by atoms with Gasteiger partial charge in [0.1, 0.15) is 5.75 Å². The van der Waals surface area contributed by atoms with Gasteiger partial charge in [-0.3, -0.25) is 0 Å². The fourth-order valence-corrected chi connectivity index (χ4v) is 3.81. The maximum absolute atomic E-state index is 12.0. The van der Waals surface area contributed by atoms with Crippen molar-refractivity contribution in [2.75, 3.05) is 20.8 Å². The zero-order valence-electron chi connectivity index (χ0n) is 14.4. The Morgan fingerprint density at radius 2 is 2.04 bits per heavy atom. The molecule has 1 unspecified atom stereocenters. The van der Waals surface area contributed by atoms with E-state index in [1.54, 1.807) is 12.0 Å². The van der Waals surface area contributed by atoms with Crippen LogP contribution in [0.2, 0.25) is 0 Å². The van der Waals surface area contributed by atoms with Crippen LogP contribution in [0, 0.1) is 0 Å². The van der Waals surface area contributed by atoms with Gasteiger partial charge < -0.3 is 14.4 Å². The molecule has 1 saturated heterocycles. The predicted octanol–water partition coefficient (Wildman–Crippen LogP) is 3.70. The van der Waals surface area contributed by atoms with Gasteiger partial charge in [-0.1, -0.05) is 0 Å². The average Bonchev–Trinajstić information content (AvgIpc) is 3.11. The van der Waals surface area contributed by atoms with E-state index in [9.17, 15) is 4.79 Å². The average molecular weight is 406 g/mol. The van der Waals surface area contributed by atoms with Gasteiger partial charge in [0.15, 0.2) is 18.9 Å². The number of hydrogen-bond donors (Lipinski definition) is 0. The molecule has 6 heteroatoms. The van der Waals surface area contributed by atoms with E-state index in [0.717, 1.165) is 41.7 Å². The molecule has 25 heavy (non-hydrogen) atoms. The van der Waals surface area contributed by atoms with Crippen LogP contribution in [0.4, 0.5) is 4.79 Å². The number of ether oxygens (including phenoxy) is 2. The van der Waals surface area contributed by atoms with Crippen molar-refractivity contribution in [2.45, 2.75) is 25.4 Å². The molecule has 3 rings (SSSR count). The normalized spacial score (nSPS) is 16.8. The summed E-state index contributed by atoms with van der Waals surface area (Å²) in [5.74, 6) is 0.850. The quantitative estimate of drug-likeness (QED) is 0.728. The lowest BCUT2D eigenvalue weighted by molar-refractivity contribution is -0.689. The van der Waals surface area contributed by atoms with Crippen LogP contribution in [-0.4, -0.2) is 31.8 Å². The lowest BCUT2D eigenvalue weighted by Gasteiger charge is -2.22. The lowest BCUT2D eigenvalue weighted by Crippen LogP contribution is -2.36. The monoisotopic (exact) mass is 405 g/mol. The number of nitrogens with zero attached hydrogens (tertiary/aromatic N) is 2. The largest absolute Gasteiger partial charge is 0.497 e. The third-order valence-electron chi connectivity index (χ3n) is 4.48. The third kappa shape index (κ3) is 4.12. The molecule has 1 aromatic carbocycles. The molecule has 1 aromatic heterocycles. The van der Waals surface area contributed by atoms with Crippen LogP contribution >= 0.6 is 15.9 Å². The Kier molecular flexibility index (Phi) is 5.58. The summed E-state index contributed by atoms with van der Waals surface area (Å²) < 4.78 is 13.3. The molecular formula is C19H22BrN2O3+. The highest BCUT2D eigenvalue weighted by Gasteiger charge is 2.32. The maximum Gasteiger partial charge on any atom is 0.409 e. The Morgan fingerprint density at radius 3 is 2.72 bits per heavy atom. The Morgan fingerprint density at radius 1 is 1.28 bits per heavy atom. The van der Waals surface area contributed by atoms with Crippen molar-refractivity contribution in [3.05, 3.63) is 58.3 Å². The van der Waals surface area contributed by atoms with Gasteiger partial charge in [0.05, 0.1) is 24.7 Å². The number of benzene rings is 1. The molecule has 1 aliphatic rings. The van der Waals surface area contributed by atoms with E-state index in [4.69, 9.17) is 9.47 Å². The summed E-state index contributed by atoms with van der Waals surface area (Å²) in [6, 6.07) is 10.2. The minimum atomic E-state index is -0.260. The van der Waals surface area contributed by atoms with Crippen molar-refractivity contribution in [1.82, 2.24) is 4.90 Å². The standard InChI is InChI=1S/C19H22BrN2O3/c1-24-17-7-5-14(6-8-17)11-21-12-15(10-16(20)13-21)18-4-3-9-22(18)19(23)25-2/h5-8,10,12-13,18H,3-4,9,11H2,1-2H3/q+1. The van der Waals surface area contributed by atoms with E-state index in [1.807, 2.05) is 18.3 Å². The number of methoxy groups -OCH3 is 2. The van der Waals surface area contributed by atoms with E-state index < -0.39 is 0 Å². The molecule has 0 radical (unpaired) electrons. The molecule has 1 fully saturated rings. The summed E-state index contributed by atoms with van der Waals surface area (Å²) in [6.45, 7) is 1.49. The SMILES string of the molecule is COC(=O)N1CCCC1c1cc(Br)c[n+](Cc2ccc(OC)cc2)c1. The van der Waals surface area contributed by atoms with Crippen molar-refractivity contribution in [3.8, 4) is 5.75 Å². The summed E-state index contributed by atoms with van der Waals surface area (Å²) in [6.07, 6.45) is 5.84. The number of aromatic nitrogens is 1. The number of carbonyl (C=O) groups excluding carboxylic acids is 1. The van der Waals surface area contributed by atoms with Crippen molar-refractivity contribution >= 4 is 22.0 Å². The molecule has 1 aliphatic heterocycles. The second-order valence-electron chi connectivity index (χ2n) is 6.13. The summed E-state index contributed by atoms with van der Waals surface area (Å²) >= 11 is 3.59. The van der Waals surface area contributed by atoms with Gasteiger partial charge in [-0.25, -0.2) is 4.79 Å². The summed E-state index contributed by atoms with van der Waals surface area (Å²) in [4.78, 5) is 13.8. The van der Waals surface area contributed by atoms with Gasteiger partial charge in [-0.05, 0) is 59.1 Å². The molecule has 2 aromatic rings. The smallest absolute Gasteiger partial charge is 0.409 e. The van der Waals surface area contributed by atoms with Crippen LogP contribution in [0.15, 0.2) is 47.2 Å². The zero-order chi connectivity index (χ0) is 17.8. The van der Waals surface area contributed by atoms with E-state index in [1.165, 1.54) is 12.7 Å². The van der Waals surface area contributed by atoms with Gasteiger partial charge in [0.2, 0.25) is 0 Å². The molecule has 1 atom stereocenters. The second-order valence-corrected chi connectivity index (χ2v) is 7.04. The van der Waals surface area contributed by atoms with Crippen LogP contribution in [0.1, 0.15) is 30.0 Å².